The van der Waals surface area contributed by atoms with Gasteiger partial charge in [-0.1, -0.05) is 6.07 Å². The molecule has 1 atom stereocenters. The van der Waals surface area contributed by atoms with Gasteiger partial charge in [0.1, 0.15) is 11.5 Å². The SMILES string of the molecule is O=C(c1cc2c(F)cccc2[nH]1)N1CCCC[C@@H]1CCN1CCCC1. The number of nitrogens with one attached hydrogen (secondary N) is 1. The molecule has 2 fully saturated rings. The Morgan fingerprint density at radius 1 is 1.16 bits per heavy atom. The van der Waals surface area contributed by atoms with Gasteiger partial charge in [0.05, 0.1) is 0 Å². The molecule has 2 aromatic rings. The highest BCUT2D eigenvalue weighted by Crippen LogP contribution is 2.25. The summed E-state index contributed by atoms with van der Waals surface area (Å²) >= 11 is 0. The molecule has 2 saturated heterocycles. The van der Waals surface area contributed by atoms with E-state index in [2.05, 4.69) is 9.88 Å². The van der Waals surface area contributed by atoms with Crippen LogP contribution in [0.15, 0.2) is 24.3 Å². The summed E-state index contributed by atoms with van der Waals surface area (Å²) in [7, 11) is 0. The Kier molecular flexibility index (Phi) is 4.75. The van der Waals surface area contributed by atoms with Crippen molar-refractivity contribution in [3.05, 3.63) is 35.8 Å². The van der Waals surface area contributed by atoms with Gasteiger partial charge in [-0.3, -0.25) is 4.79 Å². The average molecular weight is 343 g/mol. The topological polar surface area (TPSA) is 39.3 Å². The van der Waals surface area contributed by atoms with Crippen LogP contribution in [-0.2, 0) is 0 Å². The Morgan fingerprint density at radius 3 is 2.76 bits per heavy atom. The van der Waals surface area contributed by atoms with Gasteiger partial charge >= 0.3 is 0 Å². The van der Waals surface area contributed by atoms with E-state index in [-0.39, 0.29) is 11.7 Å². The van der Waals surface area contributed by atoms with E-state index in [1.807, 2.05) is 11.0 Å². The second-order valence-corrected chi connectivity index (χ2v) is 7.37. The first-order valence-corrected chi connectivity index (χ1v) is 9.53. The lowest BCUT2D eigenvalue weighted by atomic mass is 9.98. The van der Waals surface area contributed by atoms with Gasteiger partial charge in [0, 0.05) is 30.0 Å². The maximum absolute atomic E-state index is 13.9. The van der Waals surface area contributed by atoms with E-state index in [0.717, 1.165) is 32.4 Å². The molecule has 1 amide bonds. The Bertz CT molecular complexity index is 750. The number of piperidine rings is 1. The largest absolute Gasteiger partial charge is 0.350 e. The van der Waals surface area contributed by atoms with Gasteiger partial charge in [-0.25, -0.2) is 4.39 Å². The van der Waals surface area contributed by atoms with Crippen LogP contribution in [0.5, 0.6) is 0 Å². The molecule has 1 aromatic carbocycles. The number of fused-ring (bicyclic) bond motifs is 1. The lowest BCUT2D eigenvalue weighted by molar-refractivity contribution is 0.0583. The Labute approximate surface area is 148 Å². The summed E-state index contributed by atoms with van der Waals surface area (Å²) in [6, 6.07) is 6.89. The summed E-state index contributed by atoms with van der Waals surface area (Å²) in [6.07, 6.45) is 6.96. The number of hydrogen-bond donors (Lipinski definition) is 1. The van der Waals surface area contributed by atoms with Crippen LogP contribution in [0.1, 0.15) is 49.0 Å². The number of benzene rings is 1. The molecule has 25 heavy (non-hydrogen) atoms. The van der Waals surface area contributed by atoms with Crippen molar-refractivity contribution < 1.29 is 9.18 Å². The molecule has 0 unspecified atom stereocenters. The number of carbonyl (C=O) groups excluding carboxylic acids is 1. The molecular weight excluding hydrogens is 317 g/mol. The highest BCUT2D eigenvalue weighted by atomic mass is 19.1. The molecule has 3 heterocycles. The van der Waals surface area contributed by atoms with Gasteiger partial charge in [-0.15, -0.1) is 0 Å². The predicted molar refractivity (Wildman–Crippen MR) is 97.2 cm³/mol. The number of halogens is 1. The first-order chi connectivity index (χ1) is 12.2. The Balaban J connectivity index is 1.50. The molecular formula is C20H26FN3O. The fraction of sp³-hybridized carbons (Fsp3) is 0.550. The minimum Gasteiger partial charge on any atom is -0.350 e. The van der Waals surface area contributed by atoms with Crippen LogP contribution in [0.4, 0.5) is 4.39 Å². The van der Waals surface area contributed by atoms with Crippen LogP contribution in [0.25, 0.3) is 10.9 Å². The maximum atomic E-state index is 13.9. The second-order valence-electron chi connectivity index (χ2n) is 7.37. The fourth-order valence-corrected chi connectivity index (χ4v) is 4.29. The van der Waals surface area contributed by atoms with Gasteiger partial charge in [-0.2, -0.15) is 0 Å². The zero-order valence-electron chi connectivity index (χ0n) is 14.6. The quantitative estimate of drug-likeness (QED) is 0.917. The zero-order valence-corrected chi connectivity index (χ0v) is 14.6. The molecule has 0 bridgehead atoms. The molecule has 0 radical (unpaired) electrons. The number of aromatic nitrogens is 1. The minimum absolute atomic E-state index is 0.0155. The lowest BCUT2D eigenvalue weighted by Gasteiger charge is -2.36. The monoisotopic (exact) mass is 343 g/mol. The van der Waals surface area contributed by atoms with Crippen molar-refractivity contribution >= 4 is 16.8 Å². The van der Waals surface area contributed by atoms with Crippen molar-refractivity contribution in [3.8, 4) is 0 Å². The standard InChI is InChI=1S/C20H26FN3O/c21-17-7-5-8-18-16(17)14-19(22-18)20(25)24-12-2-1-6-15(24)9-13-23-10-3-4-11-23/h5,7-8,14-15,22H,1-4,6,9-13H2/t15-/m1/s1. The second kappa shape index (κ2) is 7.16. The van der Waals surface area contributed by atoms with Crippen molar-refractivity contribution in [2.45, 2.75) is 44.6 Å². The highest BCUT2D eigenvalue weighted by molar-refractivity contribution is 5.98. The zero-order chi connectivity index (χ0) is 17.2. The van der Waals surface area contributed by atoms with E-state index in [4.69, 9.17) is 0 Å². The summed E-state index contributed by atoms with van der Waals surface area (Å²) in [5.41, 5.74) is 1.20. The van der Waals surface area contributed by atoms with Crippen LogP contribution < -0.4 is 0 Å². The van der Waals surface area contributed by atoms with Gasteiger partial charge in [-0.05, 0) is 69.8 Å². The number of aromatic amines is 1. The van der Waals surface area contributed by atoms with E-state index in [1.54, 1.807) is 12.1 Å². The third kappa shape index (κ3) is 3.43. The van der Waals surface area contributed by atoms with E-state index in [1.165, 1.54) is 38.4 Å². The first kappa shape index (κ1) is 16.6. The molecule has 134 valence electrons. The first-order valence-electron chi connectivity index (χ1n) is 9.53. The number of H-pyrrole nitrogens is 1. The van der Waals surface area contributed by atoms with Crippen LogP contribution in [0.3, 0.4) is 0 Å². The summed E-state index contributed by atoms with van der Waals surface area (Å²) in [4.78, 5) is 20.7. The van der Waals surface area contributed by atoms with Crippen LogP contribution in [-0.4, -0.2) is 52.9 Å². The number of carbonyl (C=O) groups is 1. The van der Waals surface area contributed by atoms with Gasteiger partial charge in [0.25, 0.3) is 5.91 Å². The number of rotatable bonds is 4. The average Bonchev–Trinajstić information content (AvgIpc) is 3.30. The molecule has 2 aliphatic rings. The maximum Gasteiger partial charge on any atom is 0.270 e. The number of likely N-dealkylation sites (tertiary alicyclic amines) is 2. The van der Waals surface area contributed by atoms with Gasteiger partial charge in [0.2, 0.25) is 0 Å². The molecule has 1 N–H and O–H groups in total. The predicted octanol–water partition coefficient (Wildman–Crippen LogP) is 3.79. The smallest absolute Gasteiger partial charge is 0.270 e. The van der Waals surface area contributed by atoms with Crippen molar-refractivity contribution in [2.75, 3.05) is 26.2 Å². The summed E-state index contributed by atoms with van der Waals surface area (Å²) in [6.45, 7) is 4.28. The third-order valence-electron chi connectivity index (χ3n) is 5.71. The summed E-state index contributed by atoms with van der Waals surface area (Å²) in [5, 5.41) is 0.497. The minimum atomic E-state index is -0.281. The molecule has 4 nitrogen and oxygen atoms in total. The van der Waals surface area contributed by atoms with Crippen molar-refractivity contribution in [3.63, 3.8) is 0 Å². The van der Waals surface area contributed by atoms with Crippen molar-refractivity contribution in [2.24, 2.45) is 0 Å². The molecule has 1 aromatic heterocycles. The summed E-state index contributed by atoms with van der Waals surface area (Å²) in [5.74, 6) is -0.265. The van der Waals surface area contributed by atoms with Crippen LogP contribution in [0.2, 0.25) is 0 Å². The number of nitrogens with zero attached hydrogens (tertiary/aromatic N) is 2. The molecule has 4 rings (SSSR count). The van der Waals surface area contributed by atoms with Crippen molar-refractivity contribution in [1.29, 1.82) is 0 Å². The summed E-state index contributed by atoms with van der Waals surface area (Å²) < 4.78 is 13.9. The molecule has 0 spiro atoms. The molecule has 5 heteroatoms. The van der Waals surface area contributed by atoms with E-state index in [9.17, 15) is 9.18 Å². The van der Waals surface area contributed by atoms with Gasteiger partial charge < -0.3 is 14.8 Å². The van der Waals surface area contributed by atoms with E-state index < -0.39 is 0 Å². The Morgan fingerprint density at radius 2 is 1.96 bits per heavy atom. The van der Waals surface area contributed by atoms with Crippen LogP contribution in [0, 0.1) is 5.82 Å². The fourth-order valence-electron chi connectivity index (χ4n) is 4.29. The van der Waals surface area contributed by atoms with E-state index in [0.29, 0.717) is 22.6 Å². The van der Waals surface area contributed by atoms with E-state index >= 15 is 0 Å². The molecule has 2 aliphatic heterocycles. The lowest BCUT2D eigenvalue weighted by Crippen LogP contribution is -2.45. The number of amides is 1. The van der Waals surface area contributed by atoms with Crippen LogP contribution >= 0.6 is 0 Å². The number of hydrogen-bond acceptors (Lipinski definition) is 2. The highest BCUT2D eigenvalue weighted by Gasteiger charge is 2.29. The Hall–Kier alpha value is -1.88. The van der Waals surface area contributed by atoms with Gasteiger partial charge in [0.15, 0.2) is 0 Å². The van der Waals surface area contributed by atoms with Crippen molar-refractivity contribution in [1.82, 2.24) is 14.8 Å². The normalized spacial score (nSPS) is 22.0. The third-order valence-corrected chi connectivity index (χ3v) is 5.71. The molecule has 0 aliphatic carbocycles. The molecule has 0 saturated carbocycles.